The Balaban J connectivity index is 2.18. The predicted octanol–water partition coefficient (Wildman–Crippen LogP) is 3.68. The van der Waals surface area contributed by atoms with Gasteiger partial charge in [0.25, 0.3) is 0 Å². The number of benzene rings is 1. The molecule has 0 amide bonds. The Bertz CT molecular complexity index is 465. The average molecular weight is 267 g/mol. The van der Waals surface area contributed by atoms with Gasteiger partial charge in [0.15, 0.2) is 11.5 Å². The number of ether oxygens (including phenoxy) is 2. The molecule has 0 atom stereocenters. The summed E-state index contributed by atoms with van der Waals surface area (Å²) in [5, 5.41) is 8.67. The van der Waals surface area contributed by atoms with Crippen molar-refractivity contribution < 1.29 is 18.3 Å². The van der Waals surface area contributed by atoms with Gasteiger partial charge >= 0.3 is 6.61 Å². The summed E-state index contributed by atoms with van der Waals surface area (Å²) in [7, 11) is 0. The molecule has 0 radical (unpaired) electrons. The molecule has 1 aromatic rings. The van der Waals surface area contributed by atoms with Gasteiger partial charge in [0.2, 0.25) is 0 Å². The lowest BCUT2D eigenvalue weighted by atomic mass is 10.1. The highest BCUT2D eigenvalue weighted by molar-refractivity contribution is 5.43. The number of nitriles is 1. The van der Waals surface area contributed by atoms with Gasteiger partial charge in [0.1, 0.15) is 0 Å². The fraction of sp³-hybridized carbons (Fsp3) is 0.500. The van der Waals surface area contributed by atoms with Crippen LogP contribution in [0.3, 0.4) is 0 Å². The lowest BCUT2D eigenvalue weighted by Crippen LogP contribution is -2.13. The molecule has 1 fully saturated rings. The Hall–Kier alpha value is -1.83. The largest absolute Gasteiger partial charge is 0.487 e. The van der Waals surface area contributed by atoms with Crippen LogP contribution in [0, 0.1) is 11.3 Å². The second kappa shape index (κ2) is 6.37. The quantitative estimate of drug-likeness (QED) is 0.817. The molecule has 0 saturated heterocycles. The topological polar surface area (TPSA) is 42.2 Å². The van der Waals surface area contributed by atoms with Crippen LogP contribution >= 0.6 is 0 Å². The normalized spacial score (nSPS) is 15.5. The summed E-state index contributed by atoms with van der Waals surface area (Å²) in [5.74, 6) is 0.337. The molecule has 5 heteroatoms. The van der Waals surface area contributed by atoms with Crippen molar-refractivity contribution in [2.45, 2.75) is 44.8 Å². The van der Waals surface area contributed by atoms with E-state index in [1.165, 1.54) is 6.07 Å². The van der Waals surface area contributed by atoms with Crippen LogP contribution < -0.4 is 9.47 Å². The van der Waals surface area contributed by atoms with Crippen molar-refractivity contribution in [2.75, 3.05) is 0 Å². The molecule has 0 bridgehead atoms. The van der Waals surface area contributed by atoms with Crippen molar-refractivity contribution in [3.63, 3.8) is 0 Å². The van der Waals surface area contributed by atoms with Gasteiger partial charge in [-0.1, -0.05) is 6.07 Å². The highest BCUT2D eigenvalue weighted by Crippen LogP contribution is 2.33. The van der Waals surface area contributed by atoms with E-state index < -0.39 is 6.61 Å². The summed E-state index contributed by atoms with van der Waals surface area (Å²) in [5.41, 5.74) is 0.733. The molecule has 1 aromatic carbocycles. The summed E-state index contributed by atoms with van der Waals surface area (Å²) in [4.78, 5) is 0. The van der Waals surface area contributed by atoms with Gasteiger partial charge in [-0.05, 0) is 43.4 Å². The molecule has 0 aromatic heterocycles. The smallest absolute Gasteiger partial charge is 0.387 e. The van der Waals surface area contributed by atoms with E-state index in [2.05, 4.69) is 4.74 Å². The van der Waals surface area contributed by atoms with Crippen LogP contribution in [0.25, 0.3) is 0 Å². The summed E-state index contributed by atoms with van der Waals surface area (Å²) in [6.45, 7) is -2.88. The van der Waals surface area contributed by atoms with Crippen molar-refractivity contribution in [3.05, 3.63) is 23.8 Å². The Labute approximate surface area is 110 Å². The molecule has 0 aliphatic heterocycles. The fourth-order valence-corrected chi connectivity index (χ4v) is 2.22. The first-order valence-electron chi connectivity index (χ1n) is 6.30. The Morgan fingerprint density at radius 3 is 2.63 bits per heavy atom. The van der Waals surface area contributed by atoms with Crippen LogP contribution in [0.5, 0.6) is 11.5 Å². The van der Waals surface area contributed by atoms with E-state index in [0.717, 1.165) is 31.2 Å². The van der Waals surface area contributed by atoms with Crippen molar-refractivity contribution in [1.82, 2.24) is 0 Å². The highest BCUT2D eigenvalue weighted by atomic mass is 19.3. The molecule has 0 N–H and O–H groups in total. The highest BCUT2D eigenvalue weighted by Gasteiger charge is 2.20. The zero-order valence-electron chi connectivity index (χ0n) is 10.4. The van der Waals surface area contributed by atoms with E-state index in [1.807, 2.05) is 6.07 Å². The van der Waals surface area contributed by atoms with Crippen molar-refractivity contribution in [2.24, 2.45) is 0 Å². The molecule has 1 aliphatic rings. The monoisotopic (exact) mass is 267 g/mol. The second-order valence-corrected chi connectivity index (χ2v) is 4.52. The fourth-order valence-electron chi connectivity index (χ4n) is 2.22. The average Bonchev–Trinajstić information content (AvgIpc) is 2.85. The first-order valence-corrected chi connectivity index (χ1v) is 6.30. The minimum Gasteiger partial charge on any atom is -0.487 e. The Morgan fingerprint density at radius 1 is 1.26 bits per heavy atom. The molecular formula is C14H15F2NO2. The SMILES string of the molecule is N#CCc1ccc(OC(F)F)c(OC2CCCC2)c1. The van der Waals surface area contributed by atoms with Gasteiger partial charge in [-0.2, -0.15) is 14.0 Å². The van der Waals surface area contributed by atoms with Gasteiger partial charge < -0.3 is 9.47 Å². The number of alkyl halides is 2. The van der Waals surface area contributed by atoms with Gasteiger partial charge in [-0.3, -0.25) is 0 Å². The maximum atomic E-state index is 12.3. The third-order valence-electron chi connectivity index (χ3n) is 3.10. The van der Waals surface area contributed by atoms with E-state index in [1.54, 1.807) is 12.1 Å². The molecule has 1 aliphatic carbocycles. The molecule has 0 spiro atoms. The first-order chi connectivity index (χ1) is 9.19. The molecular weight excluding hydrogens is 252 g/mol. The predicted molar refractivity (Wildman–Crippen MR) is 65.3 cm³/mol. The lowest BCUT2D eigenvalue weighted by molar-refractivity contribution is -0.0520. The van der Waals surface area contributed by atoms with Gasteiger partial charge in [0, 0.05) is 0 Å². The zero-order chi connectivity index (χ0) is 13.7. The molecule has 0 unspecified atom stereocenters. The number of nitrogens with zero attached hydrogens (tertiary/aromatic N) is 1. The van der Waals surface area contributed by atoms with Crippen LogP contribution in [0.15, 0.2) is 18.2 Å². The van der Waals surface area contributed by atoms with Crippen LogP contribution in [0.1, 0.15) is 31.2 Å². The lowest BCUT2D eigenvalue weighted by Gasteiger charge is -2.17. The maximum Gasteiger partial charge on any atom is 0.387 e. The van der Waals surface area contributed by atoms with E-state index in [4.69, 9.17) is 10.00 Å². The van der Waals surface area contributed by atoms with Crippen LogP contribution in [0.2, 0.25) is 0 Å². The van der Waals surface area contributed by atoms with Crippen molar-refractivity contribution in [1.29, 1.82) is 5.26 Å². The minimum absolute atomic E-state index is 0.0311. The summed E-state index contributed by atoms with van der Waals surface area (Å²) < 4.78 is 34.8. The molecule has 3 nitrogen and oxygen atoms in total. The van der Waals surface area contributed by atoms with Gasteiger partial charge in [-0.25, -0.2) is 0 Å². The Morgan fingerprint density at radius 2 is 2.00 bits per heavy atom. The van der Waals surface area contributed by atoms with Crippen molar-refractivity contribution >= 4 is 0 Å². The number of hydrogen-bond donors (Lipinski definition) is 0. The summed E-state index contributed by atoms with van der Waals surface area (Å²) in [6, 6.07) is 6.66. The summed E-state index contributed by atoms with van der Waals surface area (Å²) >= 11 is 0. The van der Waals surface area contributed by atoms with E-state index >= 15 is 0 Å². The molecule has 102 valence electrons. The van der Waals surface area contributed by atoms with Gasteiger partial charge in [0.05, 0.1) is 18.6 Å². The number of halogens is 2. The molecule has 0 heterocycles. The van der Waals surface area contributed by atoms with E-state index in [0.29, 0.717) is 5.75 Å². The van der Waals surface area contributed by atoms with Crippen LogP contribution in [-0.2, 0) is 6.42 Å². The summed E-state index contributed by atoms with van der Waals surface area (Å²) in [6.07, 6.45) is 4.31. The number of rotatable bonds is 5. The first kappa shape index (κ1) is 13.6. The van der Waals surface area contributed by atoms with Crippen molar-refractivity contribution in [3.8, 4) is 17.6 Å². The third kappa shape index (κ3) is 3.82. The Kier molecular flexibility index (Phi) is 4.56. The maximum absolute atomic E-state index is 12.3. The zero-order valence-corrected chi connectivity index (χ0v) is 10.4. The van der Waals surface area contributed by atoms with Crippen LogP contribution in [-0.4, -0.2) is 12.7 Å². The molecule has 2 rings (SSSR count). The minimum atomic E-state index is -2.88. The van der Waals surface area contributed by atoms with E-state index in [-0.39, 0.29) is 18.3 Å². The van der Waals surface area contributed by atoms with Gasteiger partial charge in [-0.15, -0.1) is 0 Å². The molecule has 1 saturated carbocycles. The standard InChI is InChI=1S/C14H15F2NO2/c15-14(16)19-12-6-5-10(7-8-17)9-13(12)18-11-3-1-2-4-11/h5-6,9,11,14H,1-4,7H2. The number of hydrogen-bond acceptors (Lipinski definition) is 3. The second-order valence-electron chi connectivity index (χ2n) is 4.52. The van der Waals surface area contributed by atoms with Crippen LogP contribution in [0.4, 0.5) is 8.78 Å². The third-order valence-corrected chi connectivity index (χ3v) is 3.10. The molecule has 19 heavy (non-hydrogen) atoms. The van der Waals surface area contributed by atoms with E-state index in [9.17, 15) is 8.78 Å².